The molecule has 0 bridgehead atoms. The van der Waals surface area contributed by atoms with E-state index in [0.717, 1.165) is 18.4 Å². The Balaban J connectivity index is 2.51. The first-order valence-electron chi connectivity index (χ1n) is 5.81. The van der Waals surface area contributed by atoms with Gasteiger partial charge in [0.25, 0.3) is 0 Å². The van der Waals surface area contributed by atoms with E-state index in [2.05, 4.69) is 0 Å². The van der Waals surface area contributed by atoms with Crippen molar-refractivity contribution in [2.75, 3.05) is 0 Å². The van der Waals surface area contributed by atoms with Crippen LogP contribution >= 0.6 is 23.2 Å². The van der Waals surface area contributed by atoms with Gasteiger partial charge in [0.05, 0.1) is 6.42 Å². The Morgan fingerprint density at radius 2 is 2.11 bits per heavy atom. The van der Waals surface area contributed by atoms with Crippen LogP contribution in [0, 0.1) is 5.92 Å². The molecule has 18 heavy (non-hydrogen) atoms. The van der Waals surface area contributed by atoms with Crippen LogP contribution in [0.25, 0.3) is 0 Å². The Morgan fingerprint density at radius 1 is 1.44 bits per heavy atom. The number of hydrogen-bond donors (Lipinski definition) is 2. The van der Waals surface area contributed by atoms with Crippen LogP contribution in [0.5, 0.6) is 0 Å². The van der Waals surface area contributed by atoms with E-state index in [0.29, 0.717) is 10.0 Å². The summed E-state index contributed by atoms with van der Waals surface area (Å²) in [6, 6.07) is 5.07. The molecule has 3 nitrogen and oxygen atoms in total. The Bertz CT molecular complexity index is 423. The average Bonchev–Trinajstić information content (AvgIpc) is 2.26. The zero-order valence-electron chi connectivity index (χ0n) is 10.2. The van der Waals surface area contributed by atoms with E-state index in [-0.39, 0.29) is 18.4 Å². The Labute approximate surface area is 117 Å². The number of hydrogen-bond acceptors (Lipinski definition) is 2. The highest BCUT2D eigenvalue weighted by atomic mass is 35.5. The number of rotatable bonds is 6. The first kappa shape index (κ1) is 15.3. The SMILES string of the molecule is CC(CCc1ccc(Cl)cc1Cl)C(N)CC(=O)O. The van der Waals surface area contributed by atoms with E-state index in [4.69, 9.17) is 34.0 Å². The molecule has 5 heteroatoms. The second-order valence-electron chi connectivity index (χ2n) is 4.51. The van der Waals surface area contributed by atoms with Gasteiger partial charge in [-0.2, -0.15) is 0 Å². The molecular formula is C13H17Cl2NO2. The minimum atomic E-state index is -0.862. The summed E-state index contributed by atoms with van der Waals surface area (Å²) in [5.74, 6) is -0.730. The predicted octanol–water partition coefficient (Wildman–Crippen LogP) is 3.36. The van der Waals surface area contributed by atoms with Crippen LogP contribution in [-0.2, 0) is 11.2 Å². The third-order valence-electron chi connectivity index (χ3n) is 3.03. The molecule has 3 N–H and O–H groups in total. The molecule has 2 unspecified atom stereocenters. The molecule has 1 aromatic carbocycles. The second-order valence-corrected chi connectivity index (χ2v) is 5.36. The van der Waals surface area contributed by atoms with E-state index >= 15 is 0 Å². The largest absolute Gasteiger partial charge is 0.481 e. The molecule has 100 valence electrons. The molecule has 0 heterocycles. The second kappa shape index (κ2) is 6.98. The van der Waals surface area contributed by atoms with Crippen LogP contribution in [0.4, 0.5) is 0 Å². The standard InChI is InChI=1S/C13H17Cl2NO2/c1-8(12(16)7-13(17)18)2-3-9-4-5-10(14)6-11(9)15/h4-6,8,12H,2-3,7,16H2,1H3,(H,17,18). The fourth-order valence-corrected chi connectivity index (χ4v) is 2.23. The monoisotopic (exact) mass is 289 g/mol. The Morgan fingerprint density at radius 3 is 2.67 bits per heavy atom. The fraction of sp³-hybridized carbons (Fsp3) is 0.462. The quantitative estimate of drug-likeness (QED) is 0.844. The van der Waals surface area contributed by atoms with E-state index in [1.165, 1.54) is 0 Å². The minimum Gasteiger partial charge on any atom is -0.481 e. The summed E-state index contributed by atoms with van der Waals surface area (Å²) in [5, 5.41) is 9.93. The van der Waals surface area contributed by atoms with Gasteiger partial charge in [-0.25, -0.2) is 0 Å². The number of halogens is 2. The van der Waals surface area contributed by atoms with Crippen molar-refractivity contribution in [1.29, 1.82) is 0 Å². The van der Waals surface area contributed by atoms with E-state index < -0.39 is 5.97 Å². The van der Waals surface area contributed by atoms with Crippen LogP contribution in [0.15, 0.2) is 18.2 Å². The molecule has 0 saturated carbocycles. The van der Waals surface area contributed by atoms with Gasteiger partial charge < -0.3 is 10.8 Å². The van der Waals surface area contributed by atoms with Gasteiger partial charge in [-0.1, -0.05) is 36.2 Å². The van der Waals surface area contributed by atoms with Gasteiger partial charge in [0.2, 0.25) is 0 Å². The van der Waals surface area contributed by atoms with Crippen LogP contribution < -0.4 is 5.73 Å². The fourth-order valence-electron chi connectivity index (χ4n) is 1.72. The van der Waals surface area contributed by atoms with Gasteiger partial charge in [-0.3, -0.25) is 4.79 Å². The van der Waals surface area contributed by atoms with Crippen LogP contribution in [0.2, 0.25) is 10.0 Å². The smallest absolute Gasteiger partial charge is 0.304 e. The number of aryl methyl sites for hydroxylation is 1. The minimum absolute atomic E-state index is 0.00445. The van der Waals surface area contributed by atoms with Crippen molar-refractivity contribution in [3.05, 3.63) is 33.8 Å². The number of benzene rings is 1. The van der Waals surface area contributed by atoms with Gasteiger partial charge in [0.15, 0.2) is 0 Å². The van der Waals surface area contributed by atoms with Crippen molar-refractivity contribution in [3.63, 3.8) is 0 Å². The summed E-state index contributed by atoms with van der Waals surface area (Å²) in [4.78, 5) is 10.6. The first-order chi connectivity index (χ1) is 8.40. The molecule has 0 aromatic heterocycles. The van der Waals surface area contributed by atoms with Gasteiger partial charge in [-0.15, -0.1) is 0 Å². The summed E-state index contributed by atoms with van der Waals surface area (Å²) in [6.07, 6.45) is 1.57. The maximum absolute atomic E-state index is 10.6. The van der Waals surface area contributed by atoms with Gasteiger partial charge >= 0.3 is 5.97 Å². The molecule has 0 fully saturated rings. The molecule has 0 aliphatic carbocycles. The zero-order valence-corrected chi connectivity index (χ0v) is 11.7. The van der Waals surface area contributed by atoms with E-state index in [1.807, 2.05) is 13.0 Å². The number of nitrogens with two attached hydrogens (primary N) is 1. The highest BCUT2D eigenvalue weighted by Crippen LogP contribution is 2.23. The first-order valence-corrected chi connectivity index (χ1v) is 6.57. The lowest BCUT2D eigenvalue weighted by Crippen LogP contribution is -2.31. The number of carbonyl (C=O) groups is 1. The van der Waals surface area contributed by atoms with Crippen molar-refractivity contribution in [3.8, 4) is 0 Å². The molecule has 1 aromatic rings. The Kier molecular flexibility index (Phi) is 5.93. The molecule has 0 spiro atoms. The molecule has 0 amide bonds. The van der Waals surface area contributed by atoms with E-state index in [9.17, 15) is 4.79 Å². The third kappa shape index (κ3) is 4.84. The van der Waals surface area contributed by atoms with Crippen molar-refractivity contribution < 1.29 is 9.90 Å². The van der Waals surface area contributed by atoms with Crippen LogP contribution in [0.1, 0.15) is 25.3 Å². The number of carboxylic acids is 1. The molecule has 2 atom stereocenters. The maximum atomic E-state index is 10.6. The lowest BCUT2D eigenvalue weighted by Gasteiger charge is -2.18. The van der Waals surface area contributed by atoms with Crippen molar-refractivity contribution in [2.24, 2.45) is 11.7 Å². The van der Waals surface area contributed by atoms with Crippen molar-refractivity contribution in [1.82, 2.24) is 0 Å². The lowest BCUT2D eigenvalue weighted by atomic mass is 9.93. The summed E-state index contributed by atoms with van der Waals surface area (Å²) < 4.78 is 0. The molecule has 0 aliphatic rings. The summed E-state index contributed by atoms with van der Waals surface area (Å²) in [7, 11) is 0. The normalized spacial score (nSPS) is 14.2. The zero-order chi connectivity index (χ0) is 13.7. The average molecular weight is 290 g/mol. The summed E-state index contributed by atoms with van der Waals surface area (Å²) in [5.41, 5.74) is 6.82. The molecular weight excluding hydrogens is 273 g/mol. The van der Waals surface area contributed by atoms with Crippen LogP contribution in [-0.4, -0.2) is 17.1 Å². The van der Waals surface area contributed by atoms with Gasteiger partial charge in [-0.05, 0) is 36.5 Å². The predicted molar refractivity (Wildman–Crippen MR) is 74.2 cm³/mol. The lowest BCUT2D eigenvalue weighted by molar-refractivity contribution is -0.137. The summed E-state index contributed by atoms with van der Waals surface area (Å²) >= 11 is 11.9. The molecule has 0 radical (unpaired) electrons. The highest BCUT2D eigenvalue weighted by molar-refractivity contribution is 6.35. The third-order valence-corrected chi connectivity index (χ3v) is 3.61. The maximum Gasteiger partial charge on any atom is 0.304 e. The van der Waals surface area contributed by atoms with Crippen molar-refractivity contribution >= 4 is 29.2 Å². The van der Waals surface area contributed by atoms with Gasteiger partial charge in [0, 0.05) is 16.1 Å². The number of carboxylic acid groups (broad SMARTS) is 1. The molecule has 0 saturated heterocycles. The van der Waals surface area contributed by atoms with E-state index in [1.54, 1.807) is 12.1 Å². The van der Waals surface area contributed by atoms with Gasteiger partial charge in [0.1, 0.15) is 0 Å². The Hall–Kier alpha value is -0.770. The molecule has 0 aliphatic heterocycles. The number of aliphatic carboxylic acids is 1. The topological polar surface area (TPSA) is 63.3 Å². The molecule has 1 rings (SSSR count). The highest BCUT2D eigenvalue weighted by Gasteiger charge is 2.16. The summed E-state index contributed by atoms with van der Waals surface area (Å²) in [6.45, 7) is 1.96. The van der Waals surface area contributed by atoms with Crippen LogP contribution in [0.3, 0.4) is 0 Å². The van der Waals surface area contributed by atoms with Crippen molar-refractivity contribution in [2.45, 2.75) is 32.2 Å².